The van der Waals surface area contributed by atoms with Crippen LogP contribution in [0.4, 0.5) is 4.79 Å². The van der Waals surface area contributed by atoms with Crippen LogP contribution in [0.3, 0.4) is 0 Å². The number of nitrogens with zero attached hydrogens (tertiary/aromatic N) is 2. The molecule has 172 valence electrons. The first-order valence-electron chi connectivity index (χ1n) is 10.8. The molecule has 1 heterocycles. The van der Waals surface area contributed by atoms with Gasteiger partial charge in [-0.2, -0.15) is 5.26 Å². The van der Waals surface area contributed by atoms with Crippen LogP contribution in [-0.2, 0) is 16.0 Å². The Kier molecular flexibility index (Phi) is 8.87. The van der Waals surface area contributed by atoms with Crippen molar-refractivity contribution in [1.82, 2.24) is 10.2 Å². The molecule has 0 saturated carbocycles. The maximum Gasteiger partial charge on any atom is 0.475 e. The minimum absolute atomic E-state index is 0.0371. The monoisotopic (exact) mass is 441 g/mol. The van der Waals surface area contributed by atoms with Gasteiger partial charge in [-0.15, -0.1) is 0 Å². The van der Waals surface area contributed by atoms with Gasteiger partial charge in [0.1, 0.15) is 18.2 Å². The van der Waals surface area contributed by atoms with Crippen LogP contribution in [0.2, 0.25) is 0 Å². The molecule has 3 N–H and O–H groups in total. The summed E-state index contributed by atoms with van der Waals surface area (Å²) >= 11 is 0. The highest BCUT2D eigenvalue weighted by Gasteiger charge is 2.33. The maximum absolute atomic E-state index is 12.8. The van der Waals surface area contributed by atoms with Crippen LogP contribution in [-0.4, -0.2) is 59.2 Å². The lowest BCUT2D eigenvalue weighted by Crippen LogP contribution is -2.49. The second-order valence-corrected chi connectivity index (χ2v) is 9.28. The quantitative estimate of drug-likeness (QED) is 0.339. The predicted molar refractivity (Wildman–Crippen MR) is 121 cm³/mol. The number of aryl methyl sites for hydroxylation is 1. The van der Waals surface area contributed by atoms with Gasteiger partial charge >= 0.3 is 13.2 Å². The molecule has 0 bridgehead atoms. The van der Waals surface area contributed by atoms with Crippen molar-refractivity contribution in [1.29, 1.82) is 5.26 Å². The number of nitrogens with one attached hydrogen (secondary N) is 1. The van der Waals surface area contributed by atoms with E-state index in [1.54, 1.807) is 11.0 Å². The van der Waals surface area contributed by atoms with Gasteiger partial charge < -0.3 is 25.0 Å². The van der Waals surface area contributed by atoms with Crippen molar-refractivity contribution in [2.75, 3.05) is 13.2 Å². The Morgan fingerprint density at radius 2 is 2.00 bits per heavy atom. The summed E-state index contributed by atoms with van der Waals surface area (Å²) in [5, 5.41) is 31.2. The molecule has 2 atom stereocenters. The van der Waals surface area contributed by atoms with Crippen molar-refractivity contribution in [3.8, 4) is 6.07 Å². The van der Waals surface area contributed by atoms with E-state index in [1.165, 1.54) is 0 Å². The molecule has 1 unspecified atom stereocenters. The Morgan fingerprint density at radius 1 is 1.34 bits per heavy atom. The van der Waals surface area contributed by atoms with Gasteiger partial charge in [-0.05, 0) is 37.2 Å². The zero-order valence-corrected chi connectivity index (χ0v) is 19.2. The molecular weight excluding hydrogens is 409 g/mol. The summed E-state index contributed by atoms with van der Waals surface area (Å²) < 4.78 is 5.29. The summed E-state index contributed by atoms with van der Waals surface area (Å²) in [4.78, 5) is 26.7. The molecule has 2 rings (SSSR count). The summed E-state index contributed by atoms with van der Waals surface area (Å²) in [5.74, 6) is -1.30. The second-order valence-electron chi connectivity index (χ2n) is 9.28. The highest BCUT2D eigenvalue weighted by atomic mass is 16.5. The third-order valence-corrected chi connectivity index (χ3v) is 5.21. The number of alkyl carbamates (subject to hydrolysis) is 1. The van der Waals surface area contributed by atoms with Gasteiger partial charge in [0.2, 0.25) is 0 Å². The molecule has 2 amide bonds. The van der Waals surface area contributed by atoms with E-state index in [-0.39, 0.29) is 36.0 Å². The standard InChI is InChI=1S/C23H32BN3O5/c1-16-7-9-17(10-8-16)12-20(24(30)31)26-22(29)32-15-19-6-5-11-27(19)21(28)18(14-25)13-23(2,3)4/h7-10,13,19-20,30-31H,5-6,11-12,15H2,1-4H3,(H,26,29)/t19?,20-/m0/s1. The summed E-state index contributed by atoms with van der Waals surface area (Å²) in [6, 6.07) is 9.18. The number of hydrogen-bond donors (Lipinski definition) is 3. The minimum atomic E-state index is -1.76. The first kappa shape index (κ1) is 25.4. The molecule has 32 heavy (non-hydrogen) atoms. The summed E-state index contributed by atoms with van der Waals surface area (Å²) in [6.07, 6.45) is 2.49. The van der Waals surface area contributed by atoms with Gasteiger partial charge in [-0.3, -0.25) is 4.79 Å². The Balaban J connectivity index is 1.95. The van der Waals surface area contributed by atoms with E-state index in [9.17, 15) is 24.9 Å². The molecule has 8 nitrogen and oxygen atoms in total. The zero-order chi connectivity index (χ0) is 23.9. The first-order valence-corrected chi connectivity index (χ1v) is 10.8. The lowest BCUT2D eigenvalue weighted by Gasteiger charge is -2.25. The van der Waals surface area contributed by atoms with Crippen LogP contribution in [0.25, 0.3) is 0 Å². The van der Waals surface area contributed by atoms with E-state index in [4.69, 9.17) is 4.74 Å². The van der Waals surface area contributed by atoms with Crippen LogP contribution >= 0.6 is 0 Å². The number of rotatable bonds is 7. The summed E-state index contributed by atoms with van der Waals surface area (Å²) in [5.41, 5.74) is 1.69. The summed E-state index contributed by atoms with van der Waals surface area (Å²) in [6.45, 7) is 8.14. The molecule has 1 aliphatic heterocycles. The van der Waals surface area contributed by atoms with Crippen molar-refractivity contribution in [2.24, 2.45) is 5.41 Å². The molecule has 1 fully saturated rings. The van der Waals surface area contributed by atoms with Gasteiger partial charge in [-0.25, -0.2) is 4.79 Å². The fraction of sp³-hybridized carbons (Fsp3) is 0.522. The molecule has 0 spiro atoms. The fourth-order valence-electron chi connectivity index (χ4n) is 3.58. The van der Waals surface area contributed by atoms with Gasteiger partial charge in [0.05, 0.1) is 12.0 Å². The molecule has 0 aliphatic carbocycles. The average molecular weight is 441 g/mol. The molecule has 1 aromatic rings. The summed E-state index contributed by atoms with van der Waals surface area (Å²) in [7, 11) is -1.76. The third kappa shape index (κ3) is 7.70. The average Bonchev–Trinajstić information content (AvgIpc) is 3.19. The van der Waals surface area contributed by atoms with E-state index in [1.807, 2.05) is 58.0 Å². The van der Waals surface area contributed by atoms with Crippen molar-refractivity contribution < 1.29 is 24.4 Å². The fourth-order valence-corrected chi connectivity index (χ4v) is 3.58. The lowest BCUT2D eigenvalue weighted by molar-refractivity contribution is -0.128. The molecular formula is C23H32BN3O5. The van der Waals surface area contributed by atoms with Crippen LogP contribution < -0.4 is 5.32 Å². The Hall–Kier alpha value is -2.83. The van der Waals surface area contributed by atoms with Crippen molar-refractivity contribution in [2.45, 2.75) is 58.9 Å². The van der Waals surface area contributed by atoms with Gasteiger partial charge in [0, 0.05) is 6.54 Å². The molecule has 9 heteroatoms. The van der Waals surface area contributed by atoms with Gasteiger partial charge in [0.25, 0.3) is 5.91 Å². The molecule has 0 aromatic heterocycles. The highest BCUT2D eigenvalue weighted by Crippen LogP contribution is 2.23. The minimum Gasteiger partial charge on any atom is -0.447 e. The molecule has 0 radical (unpaired) electrons. The van der Waals surface area contributed by atoms with E-state index in [2.05, 4.69) is 5.32 Å². The van der Waals surface area contributed by atoms with E-state index in [0.717, 1.165) is 17.5 Å². The Labute approximate surface area is 190 Å². The number of amides is 2. The second kappa shape index (κ2) is 11.2. The normalized spacial score (nSPS) is 17.5. The first-order chi connectivity index (χ1) is 15.0. The largest absolute Gasteiger partial charge is 0.475 e. The SMILES string of the molecule is Cc1ccc(C[C@H](NC(=O)OCC2CCCN2C(=O)C(C#N)=CC(C)(C)C)B(O)O)cc1. The van der Waals surface area contributed by atoms with Gasteiger partial charge in [0.15, 0.2) is 0 Å². The number of likely N-dealkylation sites (tertiary alicyclic amines) is 1. The molecule has 1 aromatic carbocycles. The number of carbonyl (C=O) groups is 2. The van der Waals surface area contributed by atoms with Crippen LogP contribution in [0.5, 0.6) is 0 Å². The Morgan fingerprint density at radius 3 is 2.56 bits per heavy atom. The number of carbonyl (C=O) groups excluding carboxylic acids is 2. The Bertz CT molecular complexity index is 871. The lowest BCUT2D eigenvalue weighted by atomic mass is 9.76. The highest BCUT2D eigenvalue weighted by molar-refractivity contribution is 6.43. The van der Waals surface area contributed by atoms with E-state index >= 15 is 0 Å². The van der Waals surface area contributed by atoms with Crippen LogP contribution in [0.15, 0.2) is 35.9 Å². The third-order valence-electron chi connectivity index (χ3n) is 5.21. The number of hydrogen-bond acceptors (Lipinski definition) is 6. The number of allylic oxidation sites excluding steroid dienone is 1. The number of nitriles is 1. The smallest absolute Gasteiger partial charge is 0.447 e. The molecule has 1 saturated heterocycles. The van der Waals surface area contributed by atoms with Crippen molar-refractivity contribution >= 4 is 19.1 Å². The topological polar surface area (TPSA) is 123 Å². The number of benzene rings is 1. The van der Waals surface area contributed by atoms with Gasteiger partial charge in [-0.1, -0.05) is 56.7 Å². The number of ether oxygens (including phenoxy) is 1. The zero-order valence-electron chi connectivity index (χ0n) is 19.2. The maximum atomic E-state index is 12.8. The van der Waals surface area contributed by atoms with Crippen molar-refractivity contribution in [3.63, 3.8) is 0 Å². The van der Waals surface area contributed by atoms with Crippen LogP contribution in [0, 0.1) is 23.7 Å². The van der Waals surface area contributed by atoms with E-state index in [0.29, 0.717) is 13.0 Å². The van der Waals surface area contributed by atoms with E-state index < -0.39 is 19.2 Å². The van der Waals surface area contributed by atoms with Crippen LogP contribution in [0.1, 0.15) is 44.7 Å². The van der Waals surface area contributed by atoms with Crippen molar-refractivity contribution in [3.05, 3.63) is 47.0 Å². The molecule has 1 aliphatic rings. The predicted octanol–water partition coefficient (Wildman–Crippen LogP) is 2.13.